The first-order valence-electron chi connectivity index (χ1n) is 13.2. The highest BCUT2D eigenvalue weighted by atomic mass is 19.1. The zero-order chi connectivity index (χ0) is 24.4. The van der Waals surface area contributed by atoms with Gasteiger partial charge in [-0.3, -0.25) is 19.7 Å². The van der Waals surface area contributed by atoms with Gasteiger partial charge in [0.25, 0.3) is 5.91 Å². The fraction of sp³-hybridized carbons (Fsp3) is 0.667. The molecule has 7 nitrogen and oxygen atoms in total. The van der Waals surface area contributed by atoms with Crippen molar-refractivity contribution in [3.63, 3.8) is 0 Å². The molecule has 8 heteroatoms. The molecule has 2 N–H and O–H groups in total. The Hall–Kier alpha value is -2.32. The molecule has 6 aliphatic rings. The van der Waals surface area contributed by atoms with Crippen molar-refractivity contribution >= 4 is 17.7 Å². The maximum Gasteiger partial charge on any atom is 0.255 e. The number of hydrogen-bond acceptors (Lipinski definition) is 5. The molecule has 0 aromatic heterocycles. The average Bonchev–Trinajstić information content (AvgIpc) is 3.16. The van der Waals surface area contributed by atoms with Gasteiger partial charge in [0.05, 0.1) is 5.60 Å². The Morgan fingerprint density at radius 1 is 1.00 bits per heavy atom. The number of aliphatic hydroxyl groups is 1. The molecule has 3 aliphatic heterocycles. The monoisotopic (exact) mass is 483 g/mol. The fourth-order valence-corrected chi connectivity index (χ4v) is 7.37. The Morgan fingerprint density at radius 3 is 2.34 bits per heavy atom. The lowest BCUT2D eigenvalue weighted by Gasteiger charge is -2.53. The largest absolute Gasteiger partial charge is 0.390 e. The summed E-state index contributed by atoms with van der Waals surface area (Å²) in [6.45, 7) is 3.28. The van der Waals surface area contributed by atoms with Gasteiger partial charge in [0.15, 0.2) is 0 Å². The number of halogens is 1. The summed E-state index contributed by atoms with van der Waals surface area (Å²) in [6.07, 6.45) is 8.46. The normalized spacial score (nSPS) is 33.8. The van der Waals surface area contributed by atoms with Crippen LogP contribution in [0.3, 0.4) is 0 Å². The van der Waals surface area contributed by atoms with Crippen LogP contribution in [0.1, 0.15) is 91.6 Å². The van der Waals surface area contributed by atoms with Crippen molar-refractivity contribution in [2.45, 2.75) is 88.3 Å². The number of carbonyl (C=O) groups excluding carboxylic acids is 3. The zero-order valence-electron chi connectivity index (χ0n) is 20.2. The lowest BCUT2D eigenvalue weighted by atomic mass is 9.58. The quantitative estimate of drug-likeness (QED) is 0.643. The molecule has 3 amide bonds. The summed E-state index contributed by atoms with van der Waals surface area (Å²) in [5, 5.41) is 12.9. The van der Waals surface area contributed by atoms with Gasteiger partial charge in [0.2, 0.25) is 11.8 Å². The van der Waals surface area contributed by atoms with Gasteiger partial charge in [0.1, 0.15) is 11.9 Å². The summed E-state index contributed by atoms with van der Waals surface area (Å²) in [6, 6.07) is 2.20. The van der Waals surface area contributed by atoms with Crippen molar-refractivity contribution in [1.82, 2.24) is 15.1 Å². The Balaban J connectivity index is 1.15. The number of carbonyl (C=O) groups is 3. The molecule has 0 spiro atoms. The fourth-order valence-electron chi connectivity index (χ4n) is 7.37. The molecule has 7 rings (SSSR count). The maximum absolute atomic E-state index is 14.6. The minimum Gasteiger partial charge on any atom is -0.390 e. The second-order valence-electron chi connectivity index (χ2n) is 11.7. The topological polar surface area (TPSA) is 90.0 Å². The summed E-state index contributed by atoms with van der Waals surface area (Å²) in [4.78, 5) is 41.1. The number of rotatable bonds is 4. The van der Waals surface area contributed by atoms with Crippen molar-refractivity contribution < 1.29 is 23.9 Å². The van der Waals surface area contributed by atoms with E-state index in [0.717, 1.165) is 82.1 Å². The number of nitrogens with one attached hydrogen (secondary N) is 1. The molecule has 3 heterocycles. The zero-order valence-corrected chi connectivity index (χ0v) is 20.2. The van der Waals surface area contributed by atoms with Crippen LogP contribution in [0.5, 0.6) is 0 Å². The van der Waals surface area contributed by atoms with Crippen molar-refractivity contribution in [2.24, 2.45) is 5.41 Å². The van der Waals surface area contributed by atoms with Crippen molar-refractivity contribution in [3.8, 4) is 0 Å². The second kappa shape index (κ2) is 8.37. The van der Waals surface area contributed by atoms with Crippen LogP contribution in [0.15, 0.2) is 12.1 Å². The third-order valence-electron chi connectivity index (χ3n) is 9.60. The van der Waals surface area contributed by atoms with E-state index >= 15 is 0 Å². The van der Waals surface area contributed by atoms with Crippen molar-refractivity contribution in [1.29, 1.82) is 0 Å². The smallest absolute Gasteiger partial charge is 0.255 e. The van der Waals surface area contributed by atoms with E-state index in [1.54, 1.807) is 6.07 Å². The predicted molar refractivity (Wildman–Crippen MR) is 126 cm³/mol. The molecule has 0 radical (unpaired) electrons. The standard InChI is InChI=1S/C27H34FN3O4/c28-18-13-19(21-15-31(25(34)20(21)14-18)22-1-2-23(32)29-24(22)33)17-3-11-30(12-4-17)16-26-5-8-27(35,9-6-26)10-7-26/h13-14,17,22,35H,1-12,15-16H2,(H,29,32,33). The van der Waals surface area contributed by atoms with Gasteiger partial charge in [-0.25, -0.2) is 4.39 Å². The first kappa shape index (κ1) is 23.1. The molecule has 3 saturated carbocycles. The van der Waals surface area contributed by atoms with E-state index in [0.29, 0.717) is 23.9 Å². The number of nitrogens with zero attached hydrogens (tertiary/aromatic N) is 2. The number of piperidine rings is 2. The van der Waals surface area contributed by atoms with Crippen LogP contribution in [0.2, 0.25) is 0 Å². The molecule has 1 atom stereocenters. The average molecular weight is 484 g/mol. The Morgan fingerprint density at radius 2 is 1.69 bits per heavy atom. The molecule has 2 saturated heterocycles. The van der Waals surface area contributed by atoms with E-state index in [1.165, 1.54) is 11.0 Å². The SMILES string of the molecule is O=C1CCC(N2Cc3c(cc(F)cc3C3CCN(CC45CCC(O)(CC4)CC5)CC3)C2=O)C(=O)N1. The number of amides is 3. The second-order valence-corrected chi connectivity index (χ2v) is 11.7. The molecule has 35 heavy (non-hydrogen) atoms. The Kier molecular flexibility index (Phi) is 5.53. The number of imide groups is 1. The molecule has 188 valence electrons. The number of fused-ring (bicyclic) bond motifs is 4. The summed E-state index contributed by atoms with van der Waals surface area (Å²) >= 11 is 0. The van der Waals surface area contributed by atoms with Crippen molar-refractivity contribution in [2.75, 3.05) is 19.6 Å². The number of hydrogen-bond donors (Lipinski definition) is 2. The minimum absolute atomic E-state index is 0.186. The highest BCUT2D eigenvalue weighted by Gasteiger charge is 2.48. The van der Waals surface area contributed by atoms with E-state index in [-0.39, 0.29) is 24.2 Å². The van der Waals surface area contributed by atoms with Gasteiger partial charge < -0.3 is 14.9 Å². The van der Waals surface area contributed by atoms with E-state index in [2.05, 4.69) is 10.2 Å². The highest BCUT2D eigenvalue weighted by Crippen LogP contribution is 2.53. The maximum atomic E-state index is 14.6. The highest BCUT2D eigenvalue weighted by molar-refractivity contribution is 6.05. The van der Waals surface area contributed by atoms with Gasteiger partial charge in [-0.05, 0) is 105 Å². The lowest BCUT2D eigenvalue weighted by Crippen LogP contribution is -2.52. The molecule has 1 unspecified atom stereocenters. The van der Waals surface area contributed by atoms with Gasteiger partial charge in [-0.15, -0.1) is 0 Å². The third kappa shape index (κ3) is 4.08. The van der Waals surface area contributed by atoms with Gasteiger partial charge >= 0.3 is 0 Å². The molecule has 5 fully saturated rings. The molecule has 1 aromatic rings. The first-order valence-corrected chi connectivity index (χ1v) is 13.2. The van der Waals surface area contributed by atoms with E-state index in [9.17, 15) is 23.9 Å². The molecule has 1 aromatic carbocycles. The molecule has 3 aliphatic carbocycles. The van der Waals surface area contributed by atoms with Crippen LogP contribution >= 0.6 is 0 Å². The third-order valence-corrected chi connectivity index (χ3v) is 9.60. The molecular weight excluding hydrogens is 449 g/mol. The Bertz CT molecular complexity index is 1060. The van der Waals surface area contributed by atoms with Gasteiger partial charge in [0, 0.05) is 25.1 Å². The van der Waals surface area contributed by atoms with E-state index < -0.39 is 23.4 Å². The van der Waals surface area contributed by atoms with Crippen LogP contribution in [-0.2, 0) is 16.1 Å². The van der Waals surface area contributed by atoms with E-state index in [4.69, 9.17) is 0 Å². The van der Waals surface area contributed by atoms with Gasteiger partial charge in [-0.1, -0.05) is 0 Å². The summed E-state index contributed by atoms with van der Waals surface area (Å²) in [5.41, 5.74) is 2.04. The minimum atomic E-state index is -0.687. The summed E-state index contributed by atoms with van der Waals surface area (Å²) < 4.78 is 14.6. The van der Waals surface area contributed by atoms with Crippen LogP contribution in [-0.4, -0.2) is 63.9 Å². The van der Waals surface area contributed by atoms with Crippen LogP contribution in [0.25, 0.3) is 0 Å². The summed E-state index contributed by atoms with van der Waals surface area (Å²) in [5.74, 6) is -1.30. The van der Waals surface area contributed by atoms with Crippen LogP contribution in [0.4, 0.5) is 4.39 Å². The Labute approximate surface area is 205 Å². The lowest BCUT2D eigenvalue weighted by molar-refractivity contribution is -0.136. The van der Waals surface area contributed by atoms with E-state index in [1.807, 2.05) is 0 Å². The van der Waals surface area contributed by atoms with Crippen LogP contribution < -0.4 is 5.32 Å². The van der Waals surface area contributed by atoms with Crippen molar-refractivity contribution in [3.05, 3.63) is 34.6 Å². The van der Waals surface area contributed by atoms with Gasteiger partial charge in [-0.2, -0.15) is 0 Å². The molecule has 2 bridgehead atoms. The number of likely N-dealkylation sites (tertiary alicyclic amines) is 1. The first-order chi connectivity index (χ1) is 16.7. The summed E-state index contributed by atoms with van der Waals surface area (Å²) in [7, 11) is 0. The molecular formula is C27H34FN3O4. The van der Waals surface area contributed by atoms with Crippen LogP contribution in [0, 0.1) is 11.2 Å². The predicted octanol–water partition coefficient (Wildman–Crippen LogP) is 2.85. The number of benzene rings is 1.